The van der Waals surface area contributed by atoms with Gasteiger partial charge in [-0.3, -0.25) is 0 Å². The van der Waals surface area contributed by atoms with Gasteiger partial charge in [0.25, 0.3) is 0 Å². The summed E-state index contributed by atoms with van der Waals surface area (Å²) < 4.78 is 28.3. The molecule has 126 valence electrons. The molecular weight excluding hydrogens is 306 g/mol. The lowest BCUT2D eigenvalue weighted by Crippen LogP contribution is -2.48. The van der Waals surface area contributed by atoms with E-state index < -0.39 is 10.0 Å². The van der Waals surface area contributed by atoms with Gasteiger partial charge in [0.1, 0.15) is 0 Å². The van der Waals surface area contributed by atoms with Gasteiger partial charge in [-0.15, -0.1) is 0 Å². The lowest BCUT2D eigenvalue weighted by molar-refractivity contribution is 0.265. The monoisotopic (exact) mass is 333 g/mol. The molecule has 4 heteroatoms. The molecule has 3 nitrogen and oxygen atoms in total. The van der Waals surface area contributed by atoms with E-state index in [9.17, 15) is 8.42 Å². The molecule has 23 heavy (non-hydrogen) atoms. The molecule has 0 amide bonds. The van der Waals surface area contributed by atoms with Gasteiger partial charge in [0.15, 0.2) is 0 Å². The Morgan fingerprint density at radius 2 is 1.91 bits per heavy atom. The maximum Gasteiger partial charge on any atom is 0.243 e. The summed E-state index contributed by atoms with van der Waals surface area (Å²) in [5.41, 5.74) is 2.17. The summed E-state index contributed by atoms with van der Waals surface area (Å²) in [6, 6.07) is 7.27. The van der Waals surface area contributed by atoms with Crippen molar-refractivity contribution in [3.63, 3.8) is 0 Å². The minimum absolute atomic E-state index is 0.265. The topological polar surface area (TPSA) is 37.4 Å². The van der Waals surface area contributed by atoms with Crippen molar-refractivity contribution in [2.45, 2.75) is 63.3 Å². The van der Waals surface area contributed by atoms with Gasteiger partial charge in [-0.1, -0.05) is 43.2 Å². The summed E-state index contributed by atoms with van der Waals surface area (Å²) in [5, 5.41) is 0. The Morgan fingerprint density at radius 1 is 1.22 bits per heavy atom. The quantitative estimate of drug-likeness (QED) is 0.771. The molecule has 1 heterocycles. The van der Waals surface area contributed by atoms with Crippen LogP contribution in [-0.4, -0.2) is 24.8 Å². The maximum absolute atomic E-state index is 13.3. The molecule has 1 spiro atoms. The number of nitrogens with zero attached hydrogens (tertiary/aromatic N) is 1. The van der Waals surface area contributed by atoms with Crippen molar-refractivity contribution in [3.8, 4) is 0 Å². The van der Waals surface area contributed by atoms with Gasteiger partial charge in [0, 0.05) is 6.54 Å². The van der Waals surface area contributed by atoms with E-state index in [1.54, 1.807) is 12.1 Å². The highest BCUT2D eigenvalue weighted by molar-refractivity contribution is 7.89. The normalized spacial score (nSPS) is 26.7. The Hall–Kier alpha value is -1.13. The SMILES string of the molecule is CCC(C)C1=CCCC12CCCN2S(=O)(=O)c1ccc(C)cc1. The molecular formula is C19H27NO2S. The smallest absolute Gasteiger partial charge is 0.207 e. The van der Waals surface area contributed by atoms with Crippen LogP contribution in [0.25, 0.3) is 0 Å². The van der Waals surface area contributed by atoms with Crippen molar-refractivity contribution in [3.05, 3.63) is 41.5 Å². The van der Waals surface area contributed by atoms with Gasteiger partial charge in [-0.2, -0.15) is 4.31 Å². The first-order valence-corrected chi connectivity index (χ1v) is 10.2. The molecule has 0 N–H and O–H groups in total. The van der Waals surface area contributed by atoms with Crippen LogP contribution in [-0.2, 0) is 10.0 Å². The molecule has 1 saturated heterocycles. The van der Waals surface area contributed by atoms with Gasteiger partial charge >= 0.3 is 0 Å². The van der Waals surface area contributed by atoms with Crippen molar-refractivity contribution >= 4 is 10.0 Å². The summed E-state index contributed by atoms with van der Waals surface area (Å²) in [6.07, 6.45) is 7.23. The van der Waals surface area contributed by atoms with Gasteiger partial charge in [-0.25, -0.2) is 8.42 Å². The van der Waals surface area contributed by atoms with E-state index in [0.29, 0.717) is 17.4 Å². The lowest BCUT2D eigenvalue weighted by atomic mass is 9.82. The third kappa shape index (κ3) is 2.66. The van der Waals surface area contributed by atoms with Crippen molar-refractivity contribution in [2.75, 3.05) is 6.54 Å². The summed E-state index contributed by atoms with van der Waals surface area (Å²) in [6.45, 7) is 7.04. The van der Waals surface area contributed by atoms with Crippen LogP contribution in [0.1, 0.15) is 51.5 Å². The molecule has 2 unspecified atom stereocenters. The minimum Gasteiger partial charge on any atom is -0.207 e. The first-order valence-electron chi connectivity index (χ1n) is 8.72. The lowest BCUT2D eigenvalue weighted by Gasteiger charge is -2.39. The fraction of sp³-hybridized carbons (Fsp3) is 0.579. The number of benzene rings is 1. The van der Waals surface area contributed by atoms with Crippen molar-refractivity contribution in [1.29, 1.82) is 0 Å². The van der Waals surface area contributed by atoms with Gasteiger partial charge < -0.3 is 0 Å². The molecule has 0 saturated carbocycles. The highest BCUT2D eigenvalue weighted by Gasteiger charge is 2.51. The standard InChI is InChI=1S/C19H27NO2S/c1-4-16(3)18-7-5-12-19(18)13-6-14-20(19)23(21,22)17-10-8-15(2)9-11-17/h7-11,16H,4-6,12-14H2,1-3H3. The fourth-order valence-corrected chi connectivity index (χ4v) is 6.11. The number of allylic oxidation sites excluding steroid dienone is 1. The van der Waals surface area contributed by atoms with E-state index in [4.69, 9.17) is 0 Å². The second-order valence-electron chi connectivity index (χ2n) is 7.03. The molecule has 0 bridgehead atoms. The first-order chi connectivity index (χ1) is 10.9. The zero-order valence-electron chi connectivity index (χ0n) is 14.4. The van der Waals surface area contributed by atoms with Crippen LogP contribution in [0.3, 0.4) is 0 Å². The number of aryl methyl sites for hydroxylation is 1. The Morgan fingerprint density at radius 3 is 2.57 bits per heavy atom. The molecule has 1 aliphatic heterocycles. The highest BCUT2D eigenvalue weighted by Crippen LogP contribution is 2.49. The summed E-state index contributed by atoms with van der Waals surface area (Å²) in [7, 11) is -3.43. The highest BCUT2D eigenvalue weighted by atomic mass is 32.2. The van der Waals surface area contributed by atoms with Crippen LogP contribution in [0.2, 0.25) is 0 Å². The second-order valence-corrected chi connectivity index (χ2v) is 8.90. The Labute approximate surface area is 140 Å². The molecule has 0 aromatic heterocycles. The number of rotatable bonds is 4. The van der Waals surface area contributed by atoms with E-state index in [2.05, 4.69) is 19.9 Å². The second kappa shape index (κ2) is 6.06. The summed E-state index contributed by atoms with van der Waals surface area (Å²) in [4.78, 5) is 0.430. The van der Waals surface area contributed by atoms with Crippen LogP contribution >= 0.6 is 0 Å². The zero-order chi connectivity index (χ0) is 16.7. The third-order valence-electron chi connectivity index (χ3n) is 5.64. The predicted octanol–water partition coefficient (Wildman–Crippen LogP) is 4.28. The average molecular weight is 333 g/mol. The van der Waals surface area contributed by atoms with Crippen molar-refractivity contribution in [1.82, 2.24) is 4.31 Å². The van der Waals surface area contributed by atoms with Crippen LogP contribution in [0.4, 0.5) is 0 Å². The van der Waals surface area contributed by atoms with Crippen LogP contribution in [0.15, 0.2) is 40.8 Å². The van der Waals surface area contributed by atoms with Gasteiger partial charge in [-0.05, 0) is 57.1 Å². The van der Waals surface area contributed by atoms with Gasteiger partial charge in [0.2, 0.25) is 10.0 Å². The Balaban J connectivity index is 2.02. The Kier molecular flexibility index (Phi) is 4.41. The molecule has 1 fully saturated rings. The van der Waals surface area contributed by atoms with Crippen LogP contribution < -0.4 is 0 Å². The zero-order valence-corrected chi connectivity index (χ0v) is 15.2. The number of hydrogen-bond donors (Lipinski definition) is 0. The first kappa shape index (κ1) is 16.7. The van der Waals surface area contributed by atoms with Gasteiger partial charge in [0.05, 0.1) is 10.4 Å². The molecule has 1 aromatic rings. The minimum atomic E-state index is -3.43. The van der Waals surface area contributed by atoms with E-state index in [-0.39, 0.29) is 5.54 Å². The van der Waals surface area contributed by atoms with E-state index in [1.807, 2.05) is 23.4 Å². The number of hydrogen-bond acceptors (Lipinski definition) is 2. The maximum atomic E-state index is 13.3. The largest absolute Gasteiger partial charge is 0.243 e. The fourth-order valence-electron chi connectivity index (χ4n) is 4.26. The van der Waals surface area contributed by atoms with Crippen molar-refractivity contribution in [2.24, 2.45) is 5.92 Å². The molecule has 1 aliphatic carbocycles. The molecule has 3 rings (SSSR count). The summed E-state index contributed by atoms with van der Waals surface area (Å²) >= 11 is 0. The summed E-state index contributed by atoms with van der Waals surface area (Å²) in [5.74, 6) is 0.450. The number of sulfonamides is 1. The average Bonchev–Trinajstić information content (AvgIpc) is 3.15. The molecule has 1 aromatic carbocycles. The molecule has 0 radical (unpaired) electrons. The molecule has 2 atom stereocenters. The van der Waals surface area contributed by atoms with E-state index in [1.165, 1.54) is 5.57 Å². The molecule has 2 aliphatic rings. The van der Waals surface area contributed by atoms with E-state index in [0.717, 1.165) is 37.7 Å². The van der Waals surface area contributed by atoms with Crippen molar-refractivity contribution < 1.29 is 8.42 Å². The van der Waals surface area contributed by atoms with Crippen LogP contribution in [0, 0.1) is 12.8 Å². The van der Waals surface area contributed by atoms with Crippen LogP contribution in [0.5, 0.6) is 0 Å². The van der Waals surface area contributed by atoms with E-state index >= 15 is 0 Å². The Bertz CT molecular complexity index is 705. The third-order valence-corrected chi connectivity index (χ3v) is 7.62. The predicted molar refractivity (Wildman–Crippen MR) is 93.8 cm³/mol.